The molecular weight excluding hydrogens is 582 g/mol. The molecule has 2 spiro atoms. The van der Waals surface area contributed by atoms with Crippen LogP contribution in [0.3, 0.4) is 0 Å². The Morgan fingerprint density at radius 2 is 1.00 bits per heavy atom. The van der Waals surface area contributed by atoms with Crippen molar-refractivity contribution in [2.24, 2.45) is 9.98 Å². The first kappa shape index (κ1) is 30.6. The van der Waals surface area contributed by atoms with Crippen LogP contribution in [-0.4, -0.2) is 41.2 Å². The van der Waals surface area contributed by atoms with E-state index in [-0.39, 0.29) is 29.5 Å². The van der Waals surface area contributed by atoms with Crippen LogP contribution in [0.2, 0.25) is 0 Å². The first-order valence-corrected chi connectivity index (χ1v) is 14.0. The zero-order valence-electron chi connectivity index (χ0n) is 22.9. The third-order valence-electron chi connectivity index (χ3n) is 7.93. The van der Waals surface area contributed by atoms with Crippen LogP contribution in [-0.2, 0) is 25.2 Å². The molecule has 7 nitrogen and oxygen atoms in total. The lowest BCUT2D eigenvalue weighted by atomic mass is 9.83. The molecule has 2 heterocycles. The summed E-state index contributed by atoms with van der Waals surface area (Å²) in [5.41, 5.74) is -1.47. The van der Waals surface area contributed by atoms with E-state index in [1.807, 2.05) is 0 Å². The molecular formula is C30H28F6N2O5. The van der Waals surface area contributed by atoms with Gasteiger partial charge in [-0.05, 0) is 74.2 Å². The molecule has 4 aliphatic rings. The molecule has 0 aromatic heterocycles. The summed E-state index contributed by atoms with van der Waals surface area (Å²) < 4.78 is 88.2. The average molecular weight is 611 g/mol. The number of carbonyl (C=O) groups is 2. The van der Waals surface area contributed by atoms with E-state index in [0.717, 1.165) is 50.7 Å². The number of esters is 2. The number of benzene rings is 2. The molecule has 0 radical (unpaired) electrons. The fourth-order valence-electron chi connectivity index (χ4n) is 5.64. The van der Waals surface area contributed by atoms with Gasteiger partial charge >= 0.3 is 24.5 Å². The third kappa shape index (κ3) is 6.86. The summed E-state index contributed by atoms with van der Waals surface area (Å²) >= 11 is 0. The highest BCUT2D eigenvalue weighted by Crippen LogP contribution is 2.39. The Labute approximate surface area is 242 Å². The number of alkyl halides is 6. The average Bonchev–Trinajstić information content (AvgIpc) is 3.44. The van der Waals surface area contributed by atoms with Crippen molar-refractivity contribution in [1.29, 1.82) is 0 Å². The van der Waals surface area contributed by atoms with Crippen LogP contribution in [0.15, 0.2) is 58.5 Å². The summed E-state index contributed by atoms with van der Waals surface area (Å²) in [6, 6.07) is 9.66. The Balaban J connectivity index is 0.000000171. The second-order valence-corrected chi connectivity index (χ2v) is 10.9. The van der Waals surface area contributed by atoms with Crippen LogP contribution in [0.1, 0.15) is 80.9 Å². The molecule has 2 aliphatic carbocycles. The topological polar surface area (TPSA) is 86.5 Å². The first-order chi connectivity index (χ1) is 20.3. The Bertz CT molecular complexity index is 1400. The number of cyclic esters (lactones) is 2. The van der Waals surface area contributed by atoms with Gasteiger partial charge in [0.05, 0.1) is 5.56 Å². The molecule has 230 valence electrons. The van der Waals surface area contributed by atoms with E-state index in [1.165, 1.54) is 36.4 Å². The highest BCUT2D eigenvalue weighted by Gasteiger charge is 2.47. The van der Waals surface area contributed by atoms with Crippen molar-refractivity contribution in [3.63, 3.8) is 0 Å². The molecule has 2 saturated carbocycles. The number of carbonyl (C=O) groups excluding carboxylic acids is 2. The number of hydrogen-bond donors (Lipinski definition) is 0. The van der Waals surface area contributed by atoms with Gasteiger partial charge in [-0.1, -0.05) is 38.5 Å². The SMILES string of the molecule is O=C1OC(c2ccc(C(F)(F)F)cc2)=NC12CCCCC2.O=C1OC(c2ccc(OC(F)(F)F)cc2)=NC12CCCCC2. The summed E-state index contributed by atoms with van der Waals surface area (Å²) in [6.45, 7) is 0. The smallest absolute Gasteiger partial charge is 0.406 e. The summed E-state index contributed by atoms with van der Waals surface area (Å²) in [6.07, 6.45) is -0.681. The highest BCUT2D eigenvalue weighted by atomic mass is 19.4. The predicted octanol–water partition coefficient (Wildman–Crippen LogP) is 7.30. The van der Waals surface area contributed by atoms with Gasteiger partial charge in [-0.3, -0.25) is 0 Å². The van der Waals surface area contributed by atoms with Gasteiger partial charge in [0.15, 0.2) is 11.1 Å². The second kappa shape index (κ2) is 11.6. The summed E-state index contributed by atoms with van der Waals surface area (Å²) in [5, 5.41) is 0. The van der Waals surface area contributed by atoms with Crippen molar-refractivity contribution in [3.05, 3.63) is 65.2 Å². The summed E-state index contributed by atoms with van der Waals surface area (Å²) in [4.78, 5) is 32.9. The van der Waals surface area contributed by atoms with Gasteiger partial charge in [-0.25, -0.2) is 19.6 Å². The standard InChI is InChI=1S/C15H14F3NO3.C15H14F3NO2/c16-15(17,18)22-11-6-4-10(5-7-11)12-19-14(13(20)21-12)8-2-1-3-9-14;16-15(17,18)11-6-4-10(5-7-11)12-19-14(13(20)21-12)8-2-1-3-9-14/h4-7H,1-3,8-9H2;4-7H,1-3,8-9H2. The molecule has 0 saturated heterocycles. The van der Waals surface area contributed by atoms with Crippen molar-refractivity contribution in [2.75, 3.05) is 0 Å². The predicted molar refractivity (Wildman–Crippen MR) is 141 cm³/mol. The van der Waals surface area contributed by atoms with E-state index in [9.17, 15) is 35.9 Å². The molecule has 0 N–H and O–H groups in total. The van der Waals surface area contributed by atoms with E-state index in [1.54, 1.807) is 0 Å². The zero-order valence-corrected chi connectivity index (χ0v) is 22.9. The number of rotatable bonds is 3. The fraction of sp³-hybridized carbons (Fsp3) is 0.467. The summed E-state index contributed by atoms with van der Waals surface area (Å²) in [5.74, 6) is -0.760. The highest BCUT2D eigenvalue weighted by molar-refractivity contribution is 6.08. The lowest BCUT2D eigenvalue weighted by Gasteiger charge is -2.25. The number of nitrogens with zero attached hydrogens (tertiary/aromatic N) is 2. The molecule has 6 rings (SSSR count). The van der Waals surface area contributed by atoms with E-state index in [0.29, 0.717) is 36.8 Å². The normalized spacial score (nSPS) is 21.0. The van der Waals surface area contributed by atoms with Crippen LogP contribution < -0.4 is 4.74 Å². The van der Waals surface area contributed by atoms with Gasteiger partial charge < -0.3 is 14.2 Å². The minimum absolute atomic E-state index is 0.135. The van der Waals surface area contributed by atoms with Gasteiger partial charge in [0.25, 0.3) is 0 Å². The maximum absolute atomic E-state index is 12.5. The van der Waals surface area contributed by atoms with E-state index in [2.05, 4.69) is 14.7 Å². The van der Waals surface area contributed by atoms with Gasteiger partial charge in [-0.2, -0.15) is 13.2 Å². The number of hydrogen-bond acceptors (Lipinski definition) is 7. The molecule has 2 fully saturated rings. The molecule has 13 heteroatoms. The molecule has 2 aliphatic heterocycles. The van der Waals surface area contributed by atoms with Crippen LogP contribution in [0.25, 0.3) is 0 Å². The van der Waals surface area contributed by atoms with E-state index < -0.39 is 29.2 Å². The van der Waals surface area contributed by atoms with Gasteiger partial charge in [0.1, 0.15) is 5.75 Å². The number of ether oxygens (including phenoxy) is 3. The van der Waals surface area contributed by atoms with Crippen molar-refractivity contribution < 1.29 is 50.1 Å². The van der Waals surface area contributed by atoms with Crippen molar-refractivity contribution >= 4 is 23.7 Å². The largest absolute Gasteiger partial charge is 0.573 e. The van der Waals surface area contributed by atoms with Gasteiger partial charge in [0, 0.05) is 11.1 Å². The molecule has 0 atom stereocenters. The van der Waals surface area contributed by atoms with Crippen LogP contribution >= 0.6 is 0 Å². The zero-order chi connectivity index (χ0) is 30.9. The second-order valence-electron chi connectivity index (χ2n) is 10.9. The van der Waals surface area contributed by atoms with Crippen LogP contribution in [0.5, 0.6) is 5.75 Å². The minimum atomic E-state index is -4.73. The van der Waals surface area contributed by atoms with E-state index >= 15 is 0 Å². The molecule has 43 heavy (non-hydrogen) atoms. The Kier molecular flexibility index (Phi) is 8.28. The first-order valence-electron chi connectivity index (χ1n) is 14.0. The quantitative estimate of drug-likeness (QED) is 0.269. The van der Waals surface area contributed by atoms with Gasteiger partial charge in [-0.15, -0.1) is 13.2 Å². The molecule has 0 amide bonds. The molecule has 0 unspecified atom stereocenters. The maximum atomic E-state index is 12.5. The monoisotopic (exact) mass is 610 g/mol. The molecule has 2 aromatic carbocycles. The van der Waals surface area contributed by atoms with Crippen LogP contribution in [0.4, 0.5) is 26.3 Å². The lowest BCUT2D eigenvalue weighted by Crippen LogP contribution is -2.35. The Hall–Kier alpha value is -3.90. The fourth-order valence-corrected chi connectivity index (χ4v) is 5.64. The molecule has 0 bridgehead atoms. The van der Waals surface area contributed by atoms with Crippen molar-refractivity contribution in [1.82, 2.24) is 0 Å². The third-order valence-corrected chi connectivity index (χ3v) is 7.93. The van der Waals surface area contributed by atoms with Crippen molar-refractivity contribution in [2.45, 2.75) is 87.8 Å². The Morgan fingerprint density at radius 1 is 0.605 bits per heavy atom. The van der Waals surface area contributed by atoms with Crippen LogP contribution in [0, 0.1) is 0 Å². The Morgan fingerprint density at radius 3 is 1.37 bits per heavy atom. The summed E-state index contributed by atoms with van der Waals surface area (Å²) in [7, 11) is 0. The van der Waals surface area contributed by atoms with E-state index in [4.69, 9.17) is 9.47 Å². The molecule has 2 aromatic rings. The number of halogens is 6. The minimum Gasteiger partial charge on any atom is -0.406 e. The maximum Gasteiger partial charge on any atom is 0.573 e. The van der Waals surface area contributed by atoms with Crippen molar-refractivity contribution in [3.8, 4) is 5.75 Å². The van der Waals surface area contributed by atoms with Gasteiger partial charge in [0.2, 0.25) is 11.8 Å². The number of aliphatic imine (C=N–C) groups is 2. The lowest BCUT2D eigenvalue weighted by molar-refractivity contribution is -0.274.